The van der Waals surface area contributed by atoms with Crippen molar-refractivity contribution in [1.82, 2.24) is 9.97 Å². The van der Waals surface area contributed by atoms with Gasteiger partial charge in [0.15, 0.2) is 0 Å². The summed E-state index contributed by atoms with van der Waals surface area (Å²) in [5.74, 6) is -0.0333. The van der Waals surface area contributed by atoms with Gasteiger partial charge in [0, 0.05) is 50.5 Å². The fourth-order valence-electron chi connectivity index (χ4n) is 3.12. The van der Waals surface area contributed by atoms with Gasteiger partial charge in [0.2, 0.25) is 20.9 Å². The van der Waals surface area contributed by atoms with Gasteiger partial charge < -0.3 is 19.9 Å². The van der Waals surface area contributed by atoms with Crippen LogP contribution in [0.15, 0.2) is 40.6 Å². The van der Waals surface area contributed by atoms with E-state index in [1.54, 1.807) is 38.2 Å². The van der Waals surface area contributed by atoms with Crippen LogP contribution in [0.2, 0.25) is 25.7 Å². The van der Waals surface area contributed by atoms with Crippen LogP contribution in [-0.4, -0.2) is 76.7 Å². The maximum absolute atomic E-state index is 12.2. The quantitative estimate of drug-likeness (QED) is 0.139. The van der Waals surface area contributed by atoms with Crippen molar-refractivity contribution in [3.63, 3.8) is 0 Å². The lowest BCUT2D eigenvalue weighted by Gasteiger charge is -2.21. The highest BCUT2D eigenvalue weighted by atomic mass is 32.2. The number of sulfone groups is 1. The van der Waals surface area contributed by atoms with Crippen LogP contribution in [0.1, 0.15) is 25.0 Å². The predicted octanol–water partition coefficient (Wildman–Crippen LogP) is 3.45. The van der Waals surface area contributed by atoms with Gasteiger partial charge in [0.1, 0.15) is 19.2 Å². The second kappa shape index (κ2) is 13.3. The monoisotopic (exact) mass is 577 g/mol. The number of hydrogen-bond donors (Lipinski definition) is 1. The number of aromatic nitrogens is 2. The van der Waals surface area contributed by atoms with E-state index in [9.17, 15) is 13.2 Å². The zero-order valence-corrected chi connectivity index (χ0v) is 25.8. The molecule has 2 heterocycles. The molecule has 0 saturated carbocycles. The Morgan fingerprint density at radius 1 is 1.15 bits per heavy atom. The molecular formula is C26H39N5O6SSi. The standard InChI is InChI=1S/C26H39N5O6SSi/c1-18-13-22(37-16-26(2,3)24(32)35-4)29-15-20(18)21-10-9-19(14-28-21)23(27)31-25(38(5,33)34)30-17-36-11-12-39(6,7)8/h9-10,13-15H,11-12,16-17H2,1-8H3,(H2,27,30,31). The summed E-state index contributed by atoms with van der Waals surface area (Å²) in [6, 6.07) is 6.13. The fraction of sp³-hybridized carbons (Fsp3) is 0.500. The van der Waals surface area contributed by atoms with Gasteiger partial charge in [-0.25, -0.2) is 23.4 Å². The van der Waals surface area contributed by atoms with Crippen LogP contribution in [0, 0.1) is 12.3 Å². The molecule has 0 aromatic carbocycles. The van der Waals surface area contributed by atoms with Crippen molar-refractivity contribution < 1.29 is 27.4 Å². The van der Waals surface area contributed by atoms with E-state index in [0.717, 1.165) is 23.4 Å². The Bertz CT molecular complexity index is 1320. The van der Waals surface area contributed by atoms with Crippen molar-refractivity contribution in [2.45, 2.75) is 46.5 Å². The highest BCUT2D eigenvalue weighted by Gasteiger charge is 2.30. The number of methoxy groups -OCH3 is 1. The molecule has 11 nitrogen and oxygen atoms in total. The Balaban J connectivity index is 2.15. The second-order valence-corrected chi connectivity index (χ2v) is 18.5. The van der Waals surface area contributed by atoms with E-state index in [-0.39, 0.29) is 25.1 Å². The summed E-state index contributed by atoms with van der Waals surface area (Å²) in [5.41, 5.74) is 7.97. The van der Waals surface area contributed by atoms with Crippen LogP contribution in [0.25, 0.3) is 11.3 Å². The lowest BCUT2D eigenvalue weighted by Crippen LogP contribution is -2.32. The molecule has 0 fully saturated rings. The Hall–Kier alpha value is -3.16. The molecule has 0 aliphatic carbocycles. The molecule has 0 bridgehead atoms. The lowest BCUT2D eigenvalue weighted by atomic mass is 9.95. The van der Waals surface area contributed by atoms with Gasteiger partial charge in [-0.15, -0.1) is 0 Å². The topological polar surface area (TPSA) is 155 Å². The molecule has 0 aliphatic heterocycles. The first kappa shape index (κ1) is 32.1. The Labute approximate surface area is 231 Å². The lowest BCUT2D eigenvalue weighted by molar-refractivity contribution is -0.152. The van der Waals surface area contributed by atoms with Crippen LogP contribution in [0.4, 0.5) is 0 Å². The van der Waals surface area contributed by atoms with Crippen molar-refractivity contribution in [2.75, 3.05) is 33.3 Å². The zero-order valence-electron chi connectivity index (χ0n) is 23.9. The minimum absolute atomic E-state index is 0.0351. The minimum Gasteiger partial charge on any atom is -0.476 e. The number of aryl methyl sites for hydroxylation is 1. The Morgan fingerprint density at radius 3 is 2.38 bits per heavy atom. The van der Waals surface area contributed by atoms with E-state index in [0.29, 0.717) is 23.7 Å². The molecule has 0 radical (unpaired) electrons. The van der Waals surface area contributed by atoms with E-state index in [1.807, 2.05) is 6.92 Å². The van der Waals surface area contributed by atoms with E-state index >= 15 is 0 Å². The average molecular weight is 578 g/mol. The largest absolute Gasteiger partial charge is 0.476 e. The number of carbonyl (C=O) groups is 1. The molecule has 0 saturated heterocycles. The van der Waals surface area contributed by atoms with E-state index < -0.39 is 28.5 Å². The number of pyridine rings is 2. The molecule has 39 heavy (non-hydrogen) atoms. The van der Waals surface area contributed by atoms with Crippen molar-refractivity contribution >= 4 is 34.9 Å². The van der Waals surface area contributed by atoms with Crippen LogP contribution < -0.4 is 10.5 Å². The molecule has 0 spiro atoms. The summed E-state index contributed by atoms with van der Waals surface area (Å²) in [6.45, 7) is 12.5. The summed E-state index contributed by atoms with van der Waals surface area (Å²) in [6.07, 6.45) is 4.15. The van der Waals surface area contributed by atoms with Gasteiger partial charge in [-0.1, -0.05) is 19.6 Å². The number of carbonyl (C=O) groups excluding carboxylic acids is 1. The summed E-state index contributed by atoms with van der Waals surface area (Å²) < 4.78 is 40.3. The molecule has 0 amide bonds. The van der Waals surface area contributed by atoms with Crippen molar-refractivity contribution in [2.24, 2.45) is 21.1 Å². The first-order valence-electron chi connectivity index (χ1n) is 12.3. The Kier molecular flexibility index (Phi) is 10.9. The molecule has 0 atom stereocenters. The van der Waals surface area contributed by atoms with Crippen molar-refractivity contribution in [3.8, 4) is 17.1 Å². The molecule has 2 rings (SSSR count). The molecule has 2 aromatic heterocycles. The first-order chi connectivity index (χ1) is 18.0. The number of esters is 1. The van der Waals surface area contributed by atoms with E-state index in [1.165, 1.54) is 13.3 Å². The van der Waals surface area contributed by atoms with Gasteiger partial charge in [-0.05, 0) is 44.5 Å². The molecule has 13 heteroatoms. The third-order valence-electron chi connectivity index (χ3n) is 5.58. The van der Waals surface area contributed by atoms with Crippen molar-refractivity contribution in [1.29, 1.82) is 0 Å². The number of aliphatic imine (C=N–C) groups is 2. The molecular weight excluding hydrogens is 538 g/mol. The number of nitrogens with two attached hydrogens (primary N) is 1. The van der Waals surface area contributed by atoms with E-state index in [4.69, 9.17) is 19.9 Å². The number of rotatable bonds is 11. The Morgan fingerprint density at radius 2 is 1.85 bits per heavy atom. The summed E-state index contributed by atoms with van der Waals surface area (Å²) in [4.78, 5) is 28.7. The maximum Gasteiger partial charge on any atom is 0.314 e. The smallest absolute Gasteiger partial charge is 0.314 e. The molecule has 2 aromatic rings. The van der Waals surface area contributed by atoms with E-state index in [2.05, 4.69) is 39.6 Å². The minimum atomic E-state index is -3.72. The number of nitrogens with zero attached hydrogens (tertiary/aromatic N) is 4. The molecule has 0 aliphatic rings. The number of amidine groups is 2. The SMILES string of the molecule is COC(=O)C(C)(C)COc1cc(C)c(-c2ccc(C(N)=NC(=NCOCC[Si](C)(C)C)S(C)(=O)=O)cn2)cn1. The van der Waals surface area contributed by atoms with Crippen LogP contribution in [0.3, 0.4) is 0 Å². The maximum atomic E-state index is 12.2. The second-order valence-electron chi connectivity index (χ2n) is 11.0. The highest BCUT2D eigenvalue weighted by molar-refractivity contribution is 8.05. The van der Waals surface area contributed by atoms with Gasteiger partial charge in [-0.3, -0.25) is 9.78 Å². The predicted molar refractivity (Wildman–Crippen MR) is 155 cm³/mol. The van der Waals surface area contributed by atoms with Gasteiger partial charge in [0.25, 0.3) is 0 Å². The molecule has 2 N–H and O–H groups in total. The van der Waals surface area contributed by atoms with Gasteiger partial charge in [0.05, 0.1) is 18.2 Å². The normalized spacial score (nSPS) is 13.3. The summed E-state index contributed by atoms with van der Waals surface area (Å²) in [5, 5.41) is -0.400. The third kappa shape index (κ3) is 10.1. The zero-order chi connectivity index (χ0) is 29.4. The summed E-state index contributed by atoms with van der Waals surface area (Å²) >= 11 is 0. The van der Waals surface area contributed by atoms with Crippen molar-refractivity contribution in [3.05, 3.63) is 41.7 Å². The highest BCUT2D eigenvalue weighted by Crippen LogP contribution is 2.25. The average Bonchev–Trinajstić information content (AvgIpc) is 2.85. The number of ether oxygens (including phenoxy) is 3. The van der Waals surface area contributed by atoms with Gasteiger partial charge >= 0.3 is 5.97 Å². The molecule has 214 valence electrons. The summed E-state index contributed by atoms with van der Waals surface area (Å²) in [7, 11) is -3.65. The van der Waals surface area contributed by atoms with Gasteiger partial charge in [-0.2, -0.15) is 0 Å². The van der Waals surface area contributed by atoms with Crippen LogP contribution >= 0.6 is 0 Å². The number of hydrogen-bond acceptors (Lipinski definition) is 9. The fourth-order valence-corrected chi connectivity index (χ4v) is 4.43. The van der Waals surface area contributed by atoms with Crippen LogP contribution in [-0.2, 0) is 24.1 Å². The molecule has 0 unspecified atom stereocenters. The van der Waals surface area contributed by atoms with Crippen LogP contribution in [0.5, 0.6) is 5.88 Å². The first-order valence-corrected chi connectivity index (χ1v) is 17.9. The third-order valence-corrected chi connectivity index (χ3v) is 8.16.